The molecule has 0 amide bonds. The van der Waals surface area contributed by atoms with E-state index in [0.717, 1.165) is 5.92 Å². The van der Waals surface area contributed by atoms with Crippen LogP contribution in [0.15, 0.2) is 0 Å². The van der Waals surface area contributed by atoms with Gasteiger partial charge in [-0.3, -0.25) is 0 Å². The lowest BCUT2D eigenvalue weighted by atomic mass is 9.91. The molecule has 0 heteroatoms. The van der Waals surface area contributed by atoms with Gasteiger partial charge >= 0.3 is 0 Å². The van der Waals surface area contributed by atoms with Crippen molar-refractivity contribution in [3.8, 4) is 0 Å². The zero-order valence-electron chi connectivity index (χ0n) is 22.7. The molecule has 31 heavy (non-hydrogen) atoms. The molecule has 1 unspecified atom stereocenters. The van der Waals surface area contributed by atoms with Gasteiger partial charge in [0.05, 0.1) is 0 Å². The van der Waals surface area contributed by atoms with E-state index in [0.29, 0.717) is 0 Å². The minimum atomic E-state index is 1.03. The van der Waals surface area contributed by atoms with E-state index < -0.39 is 0 Å². The van der Waals surface area contributed by atoms with Crippen molar-refractivity contribution >= 4 is 0 Å². The maximum atomic E-state index is 2.37. The lowest BCUT2D eigenvalue weighted by molar-refractivity contribution is 0.378. The first-order chi connectivity index (χ1) is 15.3. The van der Waals surface area contributed by atoms with E-state index in [1.165, 1.54) is 173 Å². The highest BCUT2D eigenvalue weighted by molar-refractivity contribution is 4.60. The average Bonchev–Trinajstić information content (AvgIpc) is 2.78. The number of rotatable bonds is 27. The molecule has 0 aromatic carbocycles. The minimum Gasteiger partial charge on any atom is -0.0654 e. The van der Waals surface area contributed by atoms with Crippen LogP contribution in [-0.4, -0.2) is 0 Å². The molecule has 0 aliphatic carbocycles. The van der Waals surface area contributed by atoms with Crippen molar-refractivity contribution in [2.75, 3.05) is 0 Å². The van der Waals surface area contributed by atoms with E-state index in [-0.39, 0.29) is 0 Å². The summed E-state index contributed by atoms with van der Waals surface area (Å²) >= 11 is 0. The Morgan fingerprint density at radius 1 is 0.258 bits per heavy atom. The minimum absolute atomic E-state index is 1.03. The molecule has 0 fully saturated rings. The highest BCUT2D eigenvalue weighted by Crippen LogP contribution is 2.23. The van der Waals surface area contributed by atoms with Crippen molar-refractivity contribution < 1.29 is 0 Å². The molecular weight excluding hydrogens is 372 g/mol. The smallest absolute Gasteiger partial charge is 0.0414 e. The predicted molar refractivity (Wildman–Crippen MR) is 145 cm³/mol. The molecule has 0 bridgehead atoms. The summed E-state index contributed by atoms with van der Waals surface area (Å²) in [7, 11) is 0. The molecule has 0 heterocycles. The fraction of sp³-hybridized carbons (Fsp3) is 1.00. The van der Waals surface area contributed by atoms with Gasteiger partial charge in [-0.25, -0.2) is 0 Å². The topological polar surface area (TPSA) is 0 Å². The van der Waals surface area contributed by atoms with Gasteiger partial charge in [-0.2, -0.15) is 0 Å². The standard InChI is InChI=1S/C31H64/c1-4-7-9-11-12-13-14-15-16-17-18-19-20-21-22-23-24-25-27-30-31(28-6-3)29-26-10-8-5-2/h31H,4-30H2,1-3H3. The van der Waals surface area contributed by atoms with Gasteiger partial charge in [0.15, 0.2) is 0 Å². The summed E-state index contributed by atoms with van der Waals surface area (Å²) in [5.74, 6) is 1.03. The van der Waals surface area contributed by atoms with E-state index in [1.54, 1.807) is 0 Å². The van der Waals surface area contributed by atoms with Crippen LogP contribution in [-0.2, 0) is 0 Å². The molecule has 0 spiro atoms. The Labute approximate surface area is 200 Å². The molecule has 0 aliphatic rings. The molecule has 188 valence electrons. The molecule has 0 nitrogen and oxygen atoms in total. The Morgan fingerprint density at radius 3 is 0.806 bits per heavy atom. The number of hydrogen-bond donors (Lipinski definition) is 0. The van der Waals surface area contributed by atoms with E-state index in [9.17, 15) is 0 Å². The van der Waals surface area contributed by atoms with Crippen molar-refractivity contribution in [3.05, 3.63) is 0 Å². The largest absolute Gasteiger partial charge is 0.0654 e. The third-order valence-electron chi connectivity index (χ3n) is 7.38. The first kappa shape index (κ1) is 31.0. The second-order valence-electron chi connectivity index (χ2n) is 10.7. The van der Waals surface area contributed by atoms with Gasteiger partial charge in [-0.05, 0) is 5.92 Å². The van der Waals surface area contributed by atoms with Crippen LogP contribution >= 0.6 is 0 Å². The monoisotopic (exact) mass is 437 g/mol. The molecule has 0 saturated carbocycles. The summed E-state index contributed by atoms with van der Waals surface area (Å²) in [5, 5.41) is 0. The van der Waals surface area contributed by atoms with Crippen LogP contribution in [0.3, 0.4) is 0 Å². The quantitative estimate of drug-likeness (QED) is 0.112. The van der Waals surface area contributed by atoms with Crippen LogP contribution < -0.4 is 0 Å². The van der Waals surface area contributed by atoms with Crippen LogP contribution in [0.1, 0.15) is 194 Å². The van der Waals surface area contributed by atoms with Gasteiger partial charge in [-0.15, -0.1) is 0 Å². The lowest BCUT2D eigenvalue weighted by Gasteiger charge is -2.15. The zero-order chi connectivity index (χ0) is 22.7. The molecule has 1 atom stereocenters. The molecular formula is C31H64. The summed E-state index contributed by atoms with van der Waals surface area (Å²) < 4.78 is 0. The Hall–Kier alpha value is 0. The van der Waals surface area contributed by atoms with Gasteiger partial charge in [0, 0.05) is 0 Å². The van der Waals surface area contributed by atoms with Crippen LogP contribution in [0, 0.1) is 5.92 Å². The molecule has 0 rings (SSSR count). The first-order valence-corrected chi connectivity index (χ1v) is 15.3. The summed E-state index contributed by atoms with van der Waals surface area (Å²) in [6.07, 6.45) is 39.8. The summed E-state index contributed by atoms with van der Waals surface area (Å²) in [5.41, 5.74) is 0. The van der Waals surface area contributed by atoms with Gasteiger partial charge < -0.3 is 0 Å². The molecule has 0 aliphatic heterocycles. The van der Waals surface area contributed by atoms with E-state index >= 15 is 0 Å². The Kier molecular flexibility index (Phi) is 28.0. The van der Waals surface area contributed by atoms with Gasteiger partial charge in [0.25, 0.3) is 0 Å². The highest BCUT2D eigenvalue weighted by atomic mass is 14.1. The highest BCUT2D eigenvalue weighted by Gasteiger charge is 2.07. The summed E-state index contributed by atoms with van der Waals surface area (Å²) in [6, 6.07) is 0. The maximum Gasteiger partial charge on any atom is -0.0414 e. The van der Waals surface area contributed by atoms with E-state index in [1.807, 2.05) is 0 Å². The third-order valence-corrected chi connectivity index (χ3v) is 7.38. The van der Waals surface area contributed by atoms with Crippen LogP contribution in [0.5, 0.6) is 0 Å². The molecule has 0 aromatic heterocycles. The Balaban J connectivity index is 3.23. The van der Waals surface area contributed by atoms with Gasteiger partial charge in [0.2, 0.25) is 0 Å². The summed E-state index contributed by atoms with van der Waals surface area (Å²) in [4.78, 5) is 0. The molecule has 0 aromatic rings. The second kappa shape index (κ2) is 28.0. The SMILES string of the molecule is CCCCCCCCCCCCCCCCCCCCCC(CCC)CCCCCC. The van der Waals surface area contributed by atoms with Crippen molar-refractivity contribution in [2.45, 2.75) is 194 Å². The Morgan fingerprint density at radius 2 is 0.516 bits per heavy atom. The van der Waals surface area contributed by atoms with E-state index in [2.05, 4.69) is 20.8 Å². The van der Waals surface area contributed by atoms with Crippen molar-refractivity contribution in [3.63, 3.8) is 0 Å². The third kappa shape index (κ3) is 26.1. The Bertz CT molecular complexity index is 294. The number of hydrogen-bond acceptors (Lipinski definition) is 0. The zero-order valence-corrected chi connectivity index (χ0v) is 22.7. The maximum absolute atomic E-state index is 2.37. The van der Waals surface area contributed by atoms with Crippen molar-refractivity contribution in [1.29, 1.82) is 0 Å². The van der Waals surface area contributed by atoms with Crippen LogP contribution in [0.25, 0.3) is 0 Å². The normalized spacial score (nSPS) is 12.5. The predicted octanol–water partition coefficient (Wildman–Crippen LogP) is 12.2. The van der Waals surface area contributed by atoms with Crippen LogP contribution in [0.4, 0.5) is 0 Å². The van der Waals surface area contributed by atoms with Gasteiger partial charge in [-0.1, -0.05) is 194 Å². The molecule has 0 radical (unpaired) electrons. The molecule has 0 N–H and O–H groups in total. The summed E-state index contributed by atoms with van der Waals surface area (Å²) in [6.45, 7) is 7.00. The van der Waals surface area contributed by atoms with Crippen molar-refractivity contribution in [1.82, 2.24) is 0 Å². The molecule has 0 saturated heterocycles. The fourth-order valence-corrected chi connectivity index (χ4v) is 5.21. The van der Waals surface area contributed by atoms with Gasteiger partial charge in [0.1, 0.15) is 0 Å². The number of unbranched alkanes of at least 4 members (excludes halogenated alkanes) is 21. The first-order valence-electron chi connectivity index (χ1n) is 15.3. The van der Waals surface area contributed by atoms with Crippen molar-refractivity contribution in [2.24, 2.45) is 5.92 Å². The van der Waals surface area contributed by atoms with E-state index in [4.69, 9.17) is 0 Å². The average molecular weight is 437 g/mol. The fourth-order valence-electron chi connectivity index (χ4n) is 5.21. The second-order valence-corrected chi connectivity index (χ2v) is 10.7. The lowest BCUT2D eigenvalue weighted by Crippen LogP contribution is -2.00. The van der Waals surface area contributed by atoms with Crippen LogP contribution in [0.2, 0.25) is 0 Å².